The van der Waals surface area contributed by atoms with Crippen LogP contribution in [0.15, 0.2) is 54.7 Å². The summed E-state index contributed by atoms with van der Waals surface area (Å²) in [4.78, 5) is 27.2. The minimum Gasteiger partial charge on any atom is -0.360 e. The molecule has 0 saturated heterocycles. The molecule has 2 aromatic carbocycles. The summed E-state index contributed by atoms with van der Waals surface area (Å²) in [6.07, 6.45) is 1.69. The van der Waals surface area contributed by atoms with E-state index in [1.807, 2.05) is 30.3 Å². The Kier molecular flexibility index (Phi) is 4.82. The van der Waals surface area contributed by atoms with Crippen molar-refractivity contribution in [2.24, 2.45) is 0 Å². The summed E-state index contributed by atoms with van der Waals surface area (Å²) in [5.74, 6) is 5.45. The van der Waals surface area contributed by atoms with Gasteiger partial charge in [-0.25, -0.2) is 0 Å². The minimum atomic E-state index is -0.189. The summed E-state index contributed by atoms with van der Waals surface area (Å²) in [6.45, 7) is 0.195. The molecule has 3 aromatic rings. The van der Waals surface area contributed by atoms with Gasteiger partial charge in [0.05, 0.1) is 17.7 Å². The average molecular weight is 331 g/mol. The number of nitrogens with one attached hydrogen (secondary N) is 3. The molecule has 0 unspecified atom stereocenters. The molecule has 3 rings (SSSR count). The highest BCUT2D eigenvalue weighted by molar-refractivity contribution is 6.06. The van der Waals surface area contributed by atoms with Crippen molar-refractivity contribution in [3.8, 4) is 11.8 Å². The third-order valence-electron chi connectivity index (χ3n) is 3.79. The van der Waals surface area contributed by atoms with Crippen molar-refractivity contribution < 1.29 is 9.59 Å². The molecule has 1 heterocycles. The summed E-state index contributed by atoms with van der Waals surface area (Å²) in [6, 6.07) is 14.7. The van der Waals surface area contributed by atoms with Crippen molar-refractivity contribution in [1.29, 1.82) is 0 Å². The molecule has 0 aliphatic carbocycles. The Balaban J connectivity index is 1.69. The highest BCUT2D eigenvalue weighted by Gasteiger charge is 2.10. The van der Waals surface area contributed by atoms with Gasteiger partial charge in [0, 0.05) is 29.7 Å². The first-order valence-electron chi connectivity index (χ1n) is 7.85. The molecule has 124 valence electrons. The number of fused-ring (bicyclic) bond motifs is 1. The lowest BCUT2D eigenvalue weighted by molar-refractivity contribution is 0.0953. The first-order valence-corrected chi connectivity index (χ1v) is 7.85. The number of hydrogen-bond acceptors (Lipinski definition) is 2. The van der Waals surface area contributed by atoms with E-state index in [1.165, 1.54) is 0 Å². The number of aromatic amines is 1. The third kappa shape index (κ3) is 3.54. The van der Waals surface area contributed by atoms with E-state index < -0.39 is 0 Å². The highest BCUT2D eigenvalue weighted by atomic mass is 16.2. The minimum absolute atomic E-state index is 0.187. The van der Waals surface area contributed by atoms with E-state index in [0.29, 0.717) is 16.7 Å². The highest BCUT2D eigenvalue weighted by Crippen LogP contribution is 2.17. The quantitative estimate of drug-likeness (QED) is 0.644. The molecule has 0 spiro atoms. The SMILES string of the molecule is CNC(=O)c1ccccc1C#CCNC(=O)c1c[nH]c2ccccc12. The Morgan fingerprint density at radius 3 is 2.60 bits per heavy atom. The number of benzene rings is 2. The van der Waals surface area contributed by atoms with Gasteiger partial charge in [0.2, 0.25) is 0 Å². The standard InChI is InChI=1S/C20H17N3O2/c1-21-19(24)15-9-3-2-7-14(15)8-6-12-22-20(25)17-13-23-18-11-5-4-10-16(17)18/h2-5,7,9-11,13,23H,12H2,1H3,(H,21,24)(H,22,25). The van der Waals surface area contributed by atoms with Crippen molar-refractivity contribution >= 4 is 22.7 Å². The second-order valence-corrected chi connectivity index (χ2v) is 5.36. The van der Waals surface area contributed by atoms with Crippen molar-refractivity contribution in [1.82, 2.24) is 15.6 Å². The number of hydrogen-bond donors (Lipinski definition) is 3. The van der Waals surface area contributed by atoms with Gasteiger partial charge in [-0.3, -0.25) is 9.59 Å². The number of carbonyl (C=O) groups excluding carboxylic acids is 2. The predicted molar refractivity (Wildman–Crippen MR) is 97.3 cm³/mol. The van der Waals surface area contributed by atoms with Gasteiger partial charge in [0.1, 0.15) is 0 Å². The summed E-state index contributed by atoms with van der Waals surface area (Å²) >= 11 is 0. The molecule has 5 nitrogen and oxygen atoms in total. The lowest BCUT2D eigenvalue weighted by atomic mass is 10.1. The summed E-state index contributed by atoms with van der Waals surface area (Å²) < 4.78 is 0. The van der Waals surface area contributed by atoms with Gasteiger partial charge in [-0.1, -0.05) is 42.2 Å². The molecule has 0 radical (unpaired) electrons. The molecule has 0 saturated carbocycles. The Labute approximate surface area is 145 Å². The Morgan fingerprint density at radius 2 is 1.76 bits per heavy atom. The molecular formula is C20H17N3O2. The smallest absolute Gasteiger partial charge is 0.254 e. The van der Waals surface area contributed by atoms with Crippen LogP contribution in [0.3, 0.4) is 0 Å². The summed E-state index contributed by atoms with van der Waals surface area (Å²) in [7, 11) is 1.58. The lowest BCUT2D eigenvalue weighted by Crippen LogP contribution is -2.23. The zero-order valence-electron chi connectivity index (χ0n) is 13.7. The fourth-order valence-corrected chi connectivity index (χ4v) is 2.54. The summed E-state index contributed by atoms with van der Waals surface area (Å²) in [5, 5.41) is 6.24. The van der Waals surface area contributed by atoms with Crippen LogP contribution in [0.1, 0.15) is 26.3 Å². The van der Waals surface area contributed by atoms with Crippen molar-refractivity contribution in [2.75, 3.05) is 13.6 Å². The predicted octanol–water partition coefficient (Wildman–Crippen LogP) is 2.31. The zero-order valence-corrected chi connectivity index (χ0v) is 13.7. The molecule has 3 N–H and O–H groups in total. The molecule has 0 aliphatic heterocycles. The number of amides is 2. The second kappa shape index (κ2) is 7.37. The van der Waals surface area contributed by atoms with Crippen LogP contribution in [0.25, 0.3) is 10.9 Å². The fourth-order valence-electron chi connectivity index (χ4n) is 2.54. The second-order valence-electron chi connectivity index (χ2n) is 5.36. The molecular weight excluding hydrogens is 314 g/mol. The van der Waals surface area contributed by atoms with Crippen LogP contribution in [-0.2, 0) is 0 Å². The van der Waals surface area contributed by atoms with Crippen LogP contribution in [0.4, 0.5) is 0 Å². The van der Waals surface area contributed by atoms with Crippen LogP contribution in [0.2, 0.25) is 0 Å². The van der Waals surface area contributed by atoms with Gasteiger partial charge in [-0.05, 0) is 18.2 Å². The molecule has 0 bridgehead atoms. The molecule has 2 amide bonds. The maximum Gasteiger partial charge on any atom is 0.254 e. The van der Waals surface area contributed by atoms with Crippen molar-refractivity contribution in [2.45, 2.75) is 0 Å². The van der Waals surface area contributed by atoms with Gasteiger partial charge >= 0.3 is 0 Å². The molecule has 0 atom stereocenters. The first-order chi connectivity index (χ1) is 12.2. The monoisotopic (exact) mass is 331 g/mol. The summed E-state index contributed by atoms with van der Waals surface area (Å²) in [5.41, 5.74) is 2.64. The maximum absolute atomic E-state index is 12.3. The van der Waals surface area contributed by atoms with E-state index >= 15 is 0 Å². The van der Waals surface area contributed by atoms with Gasteiger partial charge < -0.3 is 15.6 Å². The van der Waals surface area contributed by atoms with Gasteiger partial charge in [-0.2, -0.15) is 0 Å². The van der Waals surface area contributed by atoms with Gasteiger partial charge in [0.15, 0.2) is 0 Å². The van der Waals surface area contributed by atoms with Crippen LogP contribution in [-0.4, -0.2) is 30.4 Å². The molecule has 25 heavy (non-hydrogen) atoms. The van der Waals surface area contributed by atoms with Crippen LogP contribution < -0.4 is 10.6 Å². The van der Waals surface area contributed by atoms with Crippen molar-refractivity contribution in [3.63, 3.8) is 0 Å². The van der Waals surface area contributed by atoms with Crippen LogP contribution >= 0.6 is 0 Å². The Hall–Kier alpha value is -3.52. The molecule has 1 aromatic heterocycles. The average Bonchev–Trinajstić information content (AvgIpc) is 3.09. The number of aromatic nitrogens is 1. The van der Waals surface area contributed by atoms with Crippen LogP contribution in [0.5, 0.6) is 0 Å². The first kappa shape index (κ1) is 16.3. The lowest BCUT2D eigenvalue weighted by Gasteiger charge is -2.02. The number of para-hydroxylation sites is 1. The maximum atomic E-state index is 12.3. The number of H-pyrrole nitrogens is 1. The topological polar surface area (TPSA) is 74.0 Å². The van der Waals surface area contributed by atoms with E-state index in [2.05, 4.69) is 27.5 Å². The molecule has 0 aliphatic rings. The fraction of sp³-hybridized carbons (Fsp3) is 0.100. The zero-order chi connectivity index (χ0) is 17.6. The van der Waals surface area contributed by atoms with Crippen LogP contribution in [0, 0.1) is 11.8 Å². The van der Waals surface area contributed by atoms with Gasteiger partial charge in [-0.15, -0.1) is 0 Å². The molecule has 5 heteroatoms. The Morgan fingerprint density at radius 1 is 1.00 bits per heavy atom. The molecule has 0 fully saturated rings. The Bertz CT molecular complexity index is 993. The third-order valence-corrected chi connectivity index (χ3v) is 3.79. The van der Waals surface area contributed by atoms with Gasteiger partial charge in [0.25, 0.3) is 11.8 Å². The largest absolute Gasteiger partial charge is 0.360 e. The normalized spacial score (nSPS) is 9.96. The van der Waals surface area contributed by atoms with E-state index in [0.717, 1.165) is 10.9 Å². The van der Waals surface area contributed by atoms with E-state index in [9.17, 15) is 9.59 Å². The van der Waals surface area contributed by atoms with E-state index in [4.69, 9.17) is 0 Å². The van der Waals surface area contributed by atoms with E-state index in [1.54, 1.807) is 31.4 Å². The van der Waals surface area contributed by atoms with E-state index in [-0.39, 0.29) is 18.4 Å². The number of rotatable bonds is 3. The number of carbonyl (C=O) groups is 2. The van der Waals surface area contributed by atoms with Crippen molar-refractivity contribution in [3.05, 3.63) is 71.4 Å².